The van der Waals surface area contributed by atoms with E-state index in [1.807, 2.05) is 95.6 Å². The second-order valence-corrected chi connectivity index (χ2v) is 9.21. The van der Waals surface area contributed by atoms with Crippen LogP contribution in [0.2, 0.25) is 0 Å². The molecule has 7 nitrogen and oxygen atoms in total. The SMILES string of the molecule is COc1cccc(-c2nn(-c3ccccc3)cc2C(=O)N2CCCN(C(=O)c3cccc(C)c3)CC2)c1. The molecular formula is C30H30N4O3. The molecule has 3 aromatic carbocycles. The maximum absolute atomic E-state index is 13.9. The van der Waals surface area contributed by atoms with Gasteiger partial charge in [0.25, 0.3) is 11.8 Å². The number of carbonyl (C=O) groups is 2. The molecule has 0 unspecified atom stereocenters. The third kappa shape index (κ3) is 5.26. The van der Waals surface area contributed by atoms with Gasteiger partial charge in [-0.1, -0.05) is 48.0 Å². The van der Waals surface area contributed by atoms with Crippen molar-refractivity contribution in [3.63, 3.8) is 0 Å². The number of aryl methyl sites for hydroxylation is 1. The third-order valence-electron chi connectivity index (χ3n) is 6.64. The molecule has 0 N–H and O–H groups in total. The first-order valence-electron chi connectivity index (χ1n) is 12.5. The van der Waals surface area contributed by atoms with Gasteiger partial charge in [-0.3, -0.25) is 9.59 Å². The van der Waals surface area contributed by atoms with Gasteiger partial charge in [0.2, 0.25) is 0 Å². The minimum atomic E-state index is -0.0927. The van der Waals surface area contributed by atoms with Crippen molar-refractivity contribution in [3.8, 4) is 22.7 Å². The maximum Gasteiger partial charge on any atom is 0.257 e. The van der Waals surface area contributed by atoms with E-state index in [2.05, 4.69) is 0 Å². The number of methoxy groups -OCH3 is 1. The Morgan fingerprint density at radius 3 is 2.27 bits per heavy atom. The second kappa shape index (κ2) is 10.7. The number of nitrogens with zero attached hydrogens (tertiary/aromatic N) is 4. The van der Waals surface area contributed by atoms with Gasteiger partial charge in [-0.15, -0.1) is 0 Å². The predicted octanol–water partition coefficient (Wildman–Crippen LogP) is 4.84. The molecule has 7 heteroatoms. The Morgan fingerprint density at radius 2 is 1.54 bits per heavy atom. The van der Waals surface area contributed by atoms with Crippen LogP contribution in [0.1, 0.15) is 32.7 Å². The lowest BCUT2D eigenvalue weighted by Gasteiger charge is -2.22. The summed E-state index contributed by atoms with van der Waals surface area (Å²) < 4.78 is 7.16. The van der Waals surface area contributed by atoms with Crippen LogP contribution in [0.25, 0.3) is 16.9 Å². The minimum Gasteiger partial charge on any atom is -0.497 e. The molecule has 1 saturated heterocycles. The van der Waals surface area contributed by atoms with E-state index in [1.54, 1.807) is 18.0 Å². The van der Waals surface area contributed by atoms with E-state index in [0.29, 0.717) is 55.2 Å². The van der Waals surface area contributed by atoms with Crippen LogP contribution in [0, 0.1) is 6.92 Å². The van der Waals surface area contributed by atoms with Crippen molar-refractivity contribution in [2.24, 2.45) is 0 Å². The molecule has 37 heavy (non-hydrogen) atoms. The second-order valence-electron chi connectivity index (χ2n) is 9.21. The van der Waals surface area contributed by atoms with E-state index in [0.717, 1.165) is 16.8 Å². The highest BCUT2D eigenvalue weighted by molar-refractivity contribution is 6.00. The Bertz CT molecular complexity index is 1410. The van der Waals surface area contributed by atoms with E-state index in [-0.39, 0.29) is 11.8 Å². The van der Waals surface area contributed by atoms with Crippen molar-refractivity contribution in [2.45, 2.75) is 13.3 Å². The molecule has 2 heterocycles. The number of para-hydroxylation sites is 1. The van der Waals surface area contributed by atoms with Crippen molar-refractivity contribution in [1.82, 2.24) is 19.6 Å². The van der Waals surface area contributed by atoms with Gasteiger partial charge in [0, 0.05) is 43.5 Å². The Kier molecular flexibility index (Phi) is 7.03. The molecule has 1 aliphatic heterocycles. The summed E-state index contributed by atoms with van der Waals surface area (Å²) >= 11 is 0. The lowest BCUT2D eigenvalue weighted by Crippen LogP contribution is -2.37. The number of carbonyl (C=O) groups excluding carboxylic acids is 2. The summed E-state index contributed by atoms with van der Waals surface area (Å²) in [5.41, 5.74) is 4.54. The molecule has 1 aromatic heterocycles. The number of hydrogen-bond acceptors (Lipinski definition) is 4. The summed E-state index contributed by atoms with van der Waals surface area (Å²) in [6, 6.07) is 25.0. The van der Waals surface area contributed by atoms with Gasteiger partial charge in [-0.05, 0) is 49.7 Å². The van der Waals surface area contributed by atoms with E-state index in [9.17, 15) is 9.59 Å². The predicted molar refractivity (Wildman–Crippen MR) is 143 cm³/mol. The average molecular weight is 495 g/mol. The normalized spacial score (nSPS) is 13.8. The van der Waals surface area contributed by atoms with E-state index in [4.69, 9.17) is 9.84 Å². The van der Waals surface area contributed by atoms with Crippen LogP contribution in [0.5, 0.6) is 5.75 Å². The highest BCUT2D eigenvalue weighted by Crippen LogP contribution is 2.28. The summed E-state index contributed by atoms with van der Waals surface area (Å²) in [4.78, 5) is 30.7. The zero-order valence-corrected chi connectivity index (χ0v) is 21.1. The monoisotopic (exact) mass is 494 g/mol. The Hall–Kier alpha value is -4.39. The fourth-order valence-corrected chi connectivity index (χ4v) is 4.68. The Balaban J connectivity index is 1.42. The lowest BCUT2D eigenvalue weighted by atomic mass is 10.1. The summed E-state index contributed by atoms with van der Waals surface area (Å²) in [6.45, 7) is 4.12. The molecule has 1 aliphatic rings. The van der Waals surface area contributed by atoms with Crippen LogP contribution in [-0.2, 0) is 0 Å². The molecule has 0 saturated carbocycles. The molecule has 0 radical (unpaired) electrons. The van der Waals surface area contributed by atoms with Gasteiger partial charge in [0.05, 0.1) is 18.4 Å². The number of aromatic nitrogens is 2. The quantitative estimate of drug-likeness (QED) is 0.398. The number of hydrogen-bond donors (Lipinski definition) is 0. The first-order chi connectivity index (χ1) is 18.0. The van der Waals surface area contributed by atoms with Crippen molar-refractivity contribution < 1.29 is 14.3 Å². The van der Waals surface area contributed by atoms with Crippen molar-refractivity contribution >= 4 is 11.8 Å². The minimum absolute atomic E-state index is 0.00645. The molecule has 5 rings (SSSR count). The first kappa shape index (κ1) is 24.3. The number of benzene rings is 3. The van der Waals surface area contributed by atoms with Crippen molar-refractivity contribution in [1.29, 1.82) is 0 Å². The van der Waals surface area contributed by atoms with Gasteiger partial charge in [0.15, 0.2) is 0 Å². The highest BCUT2D eigenvalue weighted by Gasteiger charge is 2.27. The maximum atomic E-state index is 13.9. The molecular weight excluding hydrogens is 464 g/mol. The molecule has 0 atom stereocenters. The van der Waals surface area contributed by atoms with E-state index < -0.39 is 0 Å². The number of ether oxygens (including phenoxy) is 1. The summed E-state index contributed by atoms with van der Waals surface area (Å²) in [5, 5.41) is 4.81. The molecule has 2 amide bonds. The fourth-order valence-electron chi connectivity index (χ4n) is 4.68. The summed E-state index contributed by atoms with van der Waals surface area (Å²) in [7, 11) is 1.62. The molecule has 0 spiro atoms. The topological polar surface area (TPSA) is 67.7 Å². The lowest BCUT2D eigenvalue weighted by molar-refractivity contribution is 0.0719. The van der Waals surface area contributed by atoms with E-state index in [1.165, 1.54) is 0 Å². The fraction of sp³-hybridized carbons (Fsp3) is 0.233. The summed E-state index contributed by atoms with van der Waals surface area (Å²) in [5.74, 6) is 0.613. The van der Waals surface area contributed by atoms with E-state index >= 15 is 0 Å². The standard InChI is InChI=1S/C30H30N4O3/c1-22-9-6-11-24(19-22)29(35)32-15-8-16-33(18-17-32)30(36)27-21-34(25-12-4-3-5-13-25)31-28(27)23-10-7-14-26(20-23)37-2/h3-7,9-14,19-21H,8,15-18H2,1-2H3. The summed E-state index contributed by atoms with van der Waals surface area (Å²) in [6.07, 6.45) is 2.51. The first-order valence-corrected chi connectivity index (χ1v) is 12.5. The van der Waals surface area contributed by atoms with Crippen molar-refractivity contribution in [2.75, 3.05) is 33.3 Å². The zero-order valence-electron chi connectivity index (χ0n) is 21.1. The third-order valence-corrected chi connectivity index (χ3v) is 6.64. The average Bonchev–Trinajstić information content (AvgIpc) is 3.24. The molecule has 1 fully saturated rings. The molecule has 4 aromatic rings. The smallest absolute Gasteiger partial charge is 0.257 e. The van der Waals surface area contributed by atoms with Crippen LogP contribution >= 0.6 is 0 Å². The van der Waals surface area contributed by atoms with Crippen LogP contribution in [-0.4, -0.2) is 64.7 Å². The van der Waals surface area contributed by atoms with Gasteiger partial charge in [-0.2, -0.15) is 5.10 Å². The number of rotatable bonds is 5. The Labute approximate surface area is 216 Å². The van der Waals surface area contributed by atoms with Gasteiger partial charge >= 0.3 is 0 Å². The van der Waals surface area contributed by atoms with Crippen LogP contribution < -0.4 is 4.74 Å². The Morgan fingerprint density at radius 1 is 0.811 bits per heavy atom. The van der Waals surface area contributed by atoms with Crippen molar-refractivity contribution in [3.05, 3.63) is 102 Å². The van der Waals surface area contributed by atoms with Gasteiger partial charge < -0.3 is 14.5 Å². The molecule has 188 valence electrons. The van der Waals surface area contributed by atoms with Crippen LogP contribution in [0.4, 0.5) is 0 Å². The van der Waals surface area contributed by atoms with Gasteiger partial charge in [-0.25, -0.2) is 4.68 Å². The van der Waals surface area contributed by atoms with Gasteiger partial charge in [0.1, 0.15) is 11.4 Å². The molecule has 0 bridgehead atoms. The largest absolute Gasteiger partial charge is 0.497 e. The van der Waals surface area contributed by atoms with Crippen LogP contribution in [0.15, 0.2) is 85.1 Å². The zero-order chi connectivity index (χ0) is 25.8. The number of amides is 2. The van der Waals surface area contributed by atoms with Crippen LogP contribution in [0.3, 0.4) is 0 Å². The highest BCUT2D eigenvalue weighted by atomic mass is 16.5. The molecule has 0 aliphatic carbocycles.